The highest BCUT2D eigenvalue weighted by Crippen LogP contribution is 2.26. The molecule has 1 aromatic rings. The summed E-state index contributed by atoms with van der Waals surface area (Å²) in [5, 5.41) is 3.65. The maximum absolute atomic E-state index is 11.1. The van der Waals surface area contributed by atoms with E-state index < -0.39 is 0 Å². The zero-order valence-corrected chi connectivity index (χ0v) is 12.8. The lowest BCUT2D eigenvalue weighted by Gasteiger charge is -2.30. The first-order valence-electron chi connectivity index (χ1n) is 6.87. The molecule has 1 amide bonds. The third-order valence-electron chi connectivity index (χ3n) is 3.99. The van der Waals surface area contributed by atoms with Crippen LogP contribution in [0.5, 0.6) is 0 Å². The molecule has 0 bridgehead atoms. The Kier molecular flexibility index (Phi) is 4.99. The van der Waals surface area contributed by atoms with E-state index in [9.17, 15) is 4.79 Å². The highest BCUT2D eigenvalue weighted by molar-refractivity contribution is 9.10. The van der Waals surface area contributed by atoms with Crippen molar-refractivity contribution in [2.75, 3.05) is 0 Å². The highest BCUT2D eigenvalue weighted by atomic mass is 79.9. The van der Waals surface area contributed by atoms with Crippen LogP contribution in [0.4, 0.5) is 0 Å². The smallest absolute Gasteiger partial charge is 0.220 e. The largest absolute Gasteiger partial charge is 0.369 e. The number of benzene rings is 1. The zero-order valence-electron chi connectivity index (χ0n) is 11.2. The molecule has 1 saturated carbocycles. The van der Waals surface area contributed by atoms with Crippen molar-refractivity contribution in [1.82, 2.24) is 5.32 Å². The molecule has 0 aliphatic heterocycles. The lowest BCUT2D eigenvalue weighted by molar-refractivity contribution is -0.122. The second-order valence-electron chi connectivity index (χ2n) is 5.39. The number of hydrogen-bond acceptors (Lipinski definition) is 2. The van der Waals surface area contributed by atoms with Crippen LogP contribution in [-0.4, -0.2) is 11.9 Å². The molecule has 3 nitrogen and oxygen atoms in total. The molecule has 1 atom stereocenters. The molecule has 1 aliphatic carbocycles. The molecule has 0 radical (unpaired) electrons. The van der Waals surface area contributed by atoms with Gasteiger partial charge in [0.05, 0.1) is 0 Å². The minimum atomic E-state index is -0.139. The minimum absolute atomic E-state index is 0.0843. The molecule has 0 spiro atoms. The number of amides is 1. The number of halogens is 1. The standard InChI is InChI=1S/C15H21BrN2O/c1-10(11-2-6-13(16)7-3-11)18-14-8-4-12(5-9-14)15(17)19/h2-3,6-7,10,12,14,18H,4-5,8-9H2,1H3,(H2,17,19). The number of nitrogens with one attached hydrogen (secondary N) is 1. The SMILES string of the molecule is CC(NC1CCC(C(N)=O)CC1)c1ccc(Br)cc1. The van der Waals surface area contributed by atoms with Gasteiger partial charge in [-0.3, -0.25) is 4.79 Å². The lowest BCUT2D eigenvalue weighted by Crippen LogP contribution is -2.37. The van der Waals surface area contributed by atoms with E-state index in [0.29, 0.717) is 12.1 Å². The Morgan fingerprint density at radius 3 is 2.37 bits per heavy atom. The van der Waals surface area contributed by atoms with Gasteiger partial charge in [-0.15, -0.1) is 0 Å². The summed E-state index contributed by atoms with van der Waals surface area (Å²) >= 11 is 3.45. The van der Waals surface area contributed by atoms with Crippen molar-refractivity contribution >= 4 is 21.8 Å². The van der Waals surface area contributed by atoms with Gasteiger partial charge in [0.1, 0.15) is 0 Å². The number of nitrogens with two attached hydrogens (primary N) is 1. The summed E-state index contributed by atoms with van der Waals surface area (Å²) in [6.45, 7) is 2.18. The van der Waals surface area contributed by atoms with Crippen molar-refractivity contribution < 1.29 is 4.79 Å². The predicted octanol–water partition coefficient (Wildman–Crippen LogP) is 3.14. The summed E-state index contributed by atoms with van der Waals surface area (Å²) in [5.74, 6) is -0.0551. The summed E-state index contributed by atoms with van der Waals surface area (Å²) in [6, 6.07) is 9.24. The van der Waals surface area contributed by atoms with Gasteiger partial charge in [-0.25, -0.2) is 0 Å². The van der Waals surface area contributed by atoms with Gasteiger partial charge < -0.3 is 11.1 Å². The Hall–Kier alpha value is -0.870. The van der Waals surface area contributed by atoms with E-state index in [0.717, 1.165) is 30.2 Å². The van der Waals surface area contributed by atoms with Crippen molar-refractivity contribution in [3.8, 4) is 0 Å². The van der Waals surface area contributed by atoms with Crippen LogP contribution in [0, 0.1) is 5.92 Å². The van der Waals surface area contributed by atoms with Gasteiger partial charge >= 0.3 is 0 Å². The monoisotopic (exact) mass is 324 g/mol. The third-order valence-corrected chi connectivity index (χ3v) is 4.51. The van der Waals surface area contributed by atoms with E-state index in [1.807, 2.05) is 0 Å². The van der Waals surface area contributed by atoms with E-state index in [1.54, 1.807) is 0 Å². The molecular weight excluding hydrogens is 304 g/mol. The molecule has 2 rings (SSSR count). The molecule has 3 N–H and O–H groups in total. The van der Waals surface area contributed by atoms with E-state index in [2.05, 4.69) is 52.4 Å². The first-order valence-corrected chi connectivity index (χ1v) is 7.66. The first kappa shape index (κ1) is 14.5. The molecule has 1 unspecified atom stereocenters. The number of rotatable bonds is 4. The van der Waals surface area contributed by atoms with Crippen molar-refractivity contribution in [1.29, 1.82) is 0 Å². The van der Waals surface area contributed by atoms with E-state index in [1.165, 1.54) is 5.56 Å². The van der Waals surface area contributed by atoms with Crippen molar-refractivity contribution in [3.05, 3.63) is 34.3 Å². The van der Waals surface area contributed by atoms with Crippen LogP contribution in [0.1, 0.15) is 44.2 Å². The van der Waals surface area contributed by atoms with Crippen LogP contribution in [0.2, 0.25) is 0 Å². The van der Waals surface area contributed by atoms with Crippen molar-refractivity contribution in [2.24, 2.45) is 11.7 Å². The minimum Gasteiger partial charge on any atom is -0.369 e. The second-order valence-corrected chi connectivity index (χ2v) is 6.31. The number of carbonyl (C=O) groups excluding carboxylic acids is 1. The summed E-state index contributed by atoms with van der Waals surface area (Å²) in [5.41, 5.74) is 6.65. The quantitative estimate of drug-likeness (QED) is 0.893. The van der Waals surface area contributed by atoms with Crippen LogP contribution in [0.25, 0.3) is 0 Å². The zero-order chi connectivity index (χ0) is 13.8. The fourth-order valence-corrected chi connectivity index (χ4v) is 3.01. The van der Waals surface area contributed by atoms with E-state index >= 15 is 0 Å². The highest BCUT2D eigenvalue weighted by Gasteiger charge is 2.25. The Bertz CT molecular complexity index is 424. The van der Waals surface area contributed by atoms with Gasteiger partial charge in [0.2, 0.25) is 5.91 Å². The van der Waals surface area contributed by atoms with Crippen LogP contribution < -0.4 is 11.1 Å². The van der Waals surface area contributed by atoms with Crippen LogP contribution in [-0.2, 0) is 4.79 Å². The predicted molar refractivity (Wildman–Crippen MR) is 80.6 cm³/mol. The molecule has 0 saturated heterocycles. The van der Waals surface area contributed by atoms with Gasteiger partial charge in [-0.1, -0.05) is 28.1 Å². The Morgan fingerprint density at radius 2 is 1.84 bits per heavy atom. The second kappa shape index (κ2) is 6.53. The normalized spacial score (nSPS) is 24.9. The summed E-state index contributed by atoms with van der Waals surface area (Å²) in [6.07, 6.45) is 3.91. The lowest BCUT2D eigenvalue weighted by atomic mass is 9.85. The summed E-state index contributed by atoms with van der Waals surface area (Å²) in [4.78, 5) is 11.1. The number of hydrogen-bond donors (Lipinski definition) is 2. The van der Waals surface area contributed by atoms with Gasteiger partial charge in [-0.2, -0.15) is 0 Å². The number of carbonyl (C=O) groups is 1. The van der Waals surface area contributed by atoms with Gasteiger partial charge in [-0.05, 0) is 50.3 Å². The Labute approximate surface area is 123 Å². The van der Waals surface area contributed by atoms with E-state index in [4.69, 9.17) is 5.73 Å². The molecule has 1 fully saturated rings. The molecule has 1 aromatic carbocycles. The maximum Gasteiger partial charge on any atom is 0.220 e. The van der Waals surface area contributed by atoms with Crippen LogP contribution >= 0.6 is 15.9 Å². The number of primary amides is 1. The van der Waals surface area contributed by atoms with E-state index in [-0.39, 0.29) is 11.8 Å². The van der Waals surface area contributed by atoms with Gasteiger partial charge in [0.15, 0.2) is 0 Å². The van der Waals surface area contributed by atoms with Gasteiger partial charge in [0, 0.05) is 22.5 Å². The Morgan fingerprint density at radius 1 is 1.26 bits per heavy atom. The molecule has 104 valence electrons. The van der Waals surface area contributed by atoms with Gasteiger partial charge in [0.25, 0.3) is 0 Å². The topological polar surface area (TPSA) is 55.1 Å². The summed E-state index contributed by atoms with van der Waals surface area (Å²) in [7, 11) is 0. The summed E-state index contributed by atoms with van der Waals surface area (Å²) < 4.78 is 1.10. The maximum atomic E-state index is 11.1. The van der Waals surface area contributed by atoms with Crippen LogP contribution in [0.15, 0.2) is 28.7 Å². The average Bonchev–Trinajstić information content (AvgIpc) is 2.40. The Balaban J connectivity index is 1.85. The van der Waals surface area contributed by atoms with Crippen molar-refractivity contribution in [2.45, 2.75) is 44.7 Å². The molecule has 0 aromatic heterocycles. The fraction of sp³-hybridized carbons (Fsp3) is 0.533. The fourth-order valence-electron chi connectivity index (χ4n) is 2.75. The third kappa shape index (κ3) is 4.05. The van der Waals surface area contributed by atoms with Crippen molar-refractivity contribution in [3.63, 3.8) is 0 Å². The first-order chi connectivity index (χ1) is 9.06. The van der Waals surface area contributed by atoms with Crippen LogP contribution in [0.3, 0.4) is 0 Å². The molecule has 4 heteroatoms. The molecule has 19 heavy (non-hydrogen) atoms. The molecular formula is C15H21BrN2O. The average molecular weight is 325 g/mol. The molecule has 0 heterocycles. The molecule has 1 aliphatic rings.